The molecule has 5 heteroatoms. The summed E-state index contributed by atoms with van der Waals surface area (Å²) in [5.74, 6) is 1.06. The van der Waals surface area contributed by atoms with Gasteiger partial charge in [-0.15, -0.1) is 0 Å². The van der Waals surface area contributed by atoms with E-state index in [0.29, 0.717) is 5.75 Å². The molecule has 1 N–H and O–H groups in total. The van der Waals surface area contributed by atoms with E-state index in [4.69, 9.17) is 9.47 Å². The van der Waals surface area contributed by atoms with Crippen LogP contribution in [0.25, 0.3) is 0 Å². The Balaban J connectivity index is 2.18. The van der Waals surface area contributed by atoms with Gasteiger partial charge in [-0.2, -0.15) is 0 Å². The molecule has 0 aliphatic rings. The first-order chi connectivity index (χ1) is 9.63. The molecule has 0 aliphatic heterocycles. The first kappa shape index (κ1) is 14.1. The second-order valence-electron chi connectivity index (χ2n) is 4.33. The molecule has 20 heavy (non-hydrogen) atoms. The molecular formula is C15H17FN2O2. The second kappa shape index (κ2) is 6.23. The Labute approximate surface area is 117 Å². The zero-order valence-corrected chi connectivity index (χ0v) is 11.7. The quantitative estimate of drug-likeness (QED) is 0.908. The maximum absolute atomic E-state index is 12.9. The standard InChI is InChI=1S/C15H17FN2O2/c1-10(13-6-4-11(16)9-17-13)18-14-7-5-12(19-2)8-15(14)20-3/h4-10,18H,1-3H3. The third-order valence-corrected chi connectivity index (χ3v) is 2.97. The monoisotopic (exact) mass is 276 g/mol. The molecule has 0 spiro atoms. The lowest BCUT2D eigenvalue weighted by Gasteiger charge is -2.17. The minimum absolute atomic E-state index is 0.0714. The van der Waals surface area contributed by atoms with E-state index < -0.39 is 0 Å². The van der Waals surface area contributed by atoms with Gasteiger partial charge in [0.2, 0.25) is 0 Å². The Hall–Kier alpha value is -2.30. The summed E-state index contributed by atoms with van der Waals surface area (Å²) in [5.41, 5.74) is 1.58. The van der Waals surface area contributed by atoms with Gasteiger partial charge >= 0.3 is 0 Å². The van der Waals surface area contributed by atoms with Crippen LogP contribution in [-0.4, -0.2) is 19.2 Å². The minimum Gasteiger partial charge on any atom is -0.497 e. The van der Waals surface area contributed by atoms with E-state index in [1.54, 1.807) is 26.4 Å². The van der Waals surface area contributed by atoms with Crippen molar-refractivity contribution in [3.63, 3.8) is 0 Å². The number of nitrogens with one attached hydrogen (secondary N) is 1. The van der Waals surface area contributed by atoms with E-state index in [1.807, 2.05) is 19.1 Å². The summed E-state index contributed by atoms with van der Waals surface area (Å²) in [6, 6.07) is 8.49. The molecule has 0 saturated carbocycles. The number of benzene rings is 1. The van der Waals surface area contributed by atoms with E-state index in [2.05, 4.69) is 10.3 Å². The topological polar surface area (TPSA) is 43.4 Å². The van der Waals surface area contributed by atoms with Crippen molar-refractivity contribution in [3.8, 4) is 11.5 Å². The van der Waals surface area contributed by atoms with Crippen LogP contribution in [0.1, 0.15) is 18.7 Å². The number of nitrogens with zero attached hydrogens (tertiary/aromatic N) is 1. The Bertz CT molecular complexity index is 573. The maximum Gasteiger partial charge on any atom is 0.145 e. The van der Waals surface area contributed by atoms with Crippen molar-refractivity contribution in [1.29, 1.82) is 0 Å². The number of anilines is 1. The van der Waals surface area contributed by atoms with Crippen molar-refractivity contribution in [2.45, 2.75) is 13.0 Å². The largest absolute Gasteiger partial charge is 0.497 e. The Morgan fingerprint density at radius 1 is 1.15 bits per heavy atom. The average Bonchev–Trinajstić information content (AvgIpc) is 2.48. The van der Waals surface area contributed by atoms with Crippen molar-refractivity contribution in [3.05, 3.63) is 48.0 Å². The first-order valence-electron chi connectivity index (χ1n) is 6.24. The number of methoxy groups -OCH3 is 2. The predicted octanol–water partition coefficient (Wildman–Crippen LogP) is 3.41. The molecule has 1 aromatic carbocycles. The van der Waals surface area contributed by atoms with Crippen LogP contribution < -0.4 is 14.8 Å². The molecule has 2 rings (SSSR count). The van der Waals surface area contributed by atoms with Crippen LogP contribution in [0.4, 0.5) is 10.1 Å². The Kier molecular flexibility index (Phi) is 4.40. The van der Waals surface area contributed by atoms with E-state index in [1.165, 1.54) is 12.3 Å². The molecule has 0 radical (unpaired) electrons. The lowest BCUT2D eigenvalue weighted by Crippen LogP contribution is -2.09. The SMILES string of the molecule is COc1ccc(NC(C)c2ccc(F)cn2)c(OC)c1. The van der Waals surface area contributed by atoms with Gasteiger partial charge in [0.05, 0.1) is 37.8 Å². The third-order valence-electron chi connectivity index (χ3n) is 2.97. The highest BCUT2D eigenvalue weighted by molar-refractivity contribution is 5.59. The van der Waals surface area contributed by atoms with Crippen LogP contribution in [0.3, 0.4) is 0 Å². The molecule has 106 valence electrons. The number of hydrogen-bond acceptors (Lipinski definition) is 4. The molecule has 1 heterocycles. The van der Waals surface area contributed by atoms with E-state index in [0.717, 1.165) is 17.1 Å². The molecule has 0 bridgehead atoms. The fourth-order valence-electron chi connectivity index (χ4n) is 1.87. The summed E-state index contributed by atoms with van der Waals surface area (Å²) in [4.78, 5) is 4.06. The molecule has 0 amide bonds. The highest BCUT2D eigenvalue weighted by Crippen LogP contribution is 2.31. The van der Waals surface area contributed by atoms with E-state index in [-0.39, 0.29) is 11.9 Å². The van der Waals surface area contributed by atoms with Gasteiger partial charge in [-0.3, -0.25) is 4.98 Å². The zero-order valence-electron chi connectivity index (χ0n) is 11.7. The van der Waals surface area contributed by atoms with E-state index in [9.17, 15) is 4.39 Å². The van der Waals surface area contributed by atoms with Crippen LogP contribution >= 0.6 is 0 Å². The number of pyridine rings is 1. The van der Waals surface area contributed by atoms with Gasteiger partial charge in [0.15, 0.2) is 0 Å². The minimum atomic E-state index is -0.344. The molecular weight excluding hydrogens is 259 g/mol. The number of halogens is 1. The first-order valence-corrected chi connectivity index (χ1v) is 6.24. The van der Waals surface area contributed by atoms with Gasteiger partial charge in [-0.05, 0) is 31.2 Å². The van der Waals surface area contributed by atoms with Gasteiger partial charge < -0.3 is 14.8 Å². The van der Waals surface area contributed by atoms with Crippen molar-refractivity contribution < 1.29 is 13.9 Å². The average molecular weight is 276 g/mol. The van der Waals surface area contributed by atoms with Crippen LogP contribution in [0.2, 0.25) is 0 Å². The number of aromatic nitrogens is 1. The Morgan fingerprint density at radius 2 is 1.95 bits per heavy atom. The van der Waals surface area contributed by atoms with Crippen LogP contribution in [-0.2, 0) is 0 Å². The number of hydrogen-bond donors (Lipinski definition) is 1. The van der Waals surface area contributed by atoms with Gasteiger partial charge in [0, 0.05) is 6.07 Å². The number of ether oxygens (including phenoxy) is 2. The normalized spacial score (nSPS) is 11.8. The van der Waals surface area contributed by atoms with Gasteiger partial charge in [-0.25, -0.2) is 4.39 Å². The molecule has 4 nitrogen and oxygen atoms in total. The lowest BCUT2D eigenvalue weighted by molar-refractivity contribution is 0.395. The molecule has 2 aromatic rings. The fourth-order valence-corrected chi connectivity index (χ4v) is 1.87. The number of rotatable bonds is 5. The molecule has 0 aliphatic carbocycles. The van der Waals surface area contributed by atoms with Gasteiger partial charge in [0.1, 0.15) is 17.3 Å². The summed E-state index contributed by atoms with van der Waals surface area (Å²) < 4.78 is 23.3. The lowest BCUT2D eigenvalue weighted by atomic mass is 10.2. The van der Waals surface area contributed by atoms with Crippen molar-refractivity contribution >= 4 is 5.69 Å². The molecule has 1 unspecified atom stereocenters. The zero-order chi connectivity index (χ0) is 14.5. The molecule has 1 atom stereocenters. The van der Waals surface area contributed by atoms with Crippen LogP contribution in [0.15, 0.2) is 36.5 Å². The van der Waals surface area contributed by atoms with Gasteiger partial charge in [-0.1, -0.05) is 0 Å². The Morgan fingerprint density at radius 3 is 2.55 bits per heavy atom. The molecule has 0 fully saturated rings. The third kappa shape index (κ3) is 3.17. The highest BCUT2D eigenvalue weighted by Gasteiger charge is 2.11. The highest BCUT2D eigenvalue weighted by atomic mass is 19.1. The van der Waals surface area contributed by atoms with Crippen molar-refractivity contribution in [1.82, 2.24) is 4.98 Å². The molecule has 0 saturated heterocycles. The summed E-state index contributed by atoms with van der Waals surface area (Å²) in [7, 11) is 3.20. The summed E-state index contributed by atoms with van der Waals surface area (Å²) >= 11 is 0. The predicted molar refractivity (Wildman–Crippen MR) is 75.8 cm³/mol. The van der Waals surface area contributed by atoms with Crippen LogP contribution in [0.5, 0.6) is 11.5 Å². The van der Waals surface area contributed by atoms with E-state index >= 15 is 0 Å². The second-order valence-corrected chi connectivity index (χ2v) is 4.33. The summed E-state index contributed by atoms with van der Waals surface area (Å²) in [6.45, 7) is 1.95. The van der Waals surface area contributed by atoms with Gasteiger partial charge in [0.25, 0.3) is 0 Å². The summed E-state index contributed by atoms with van der Waals surface area (Å²) in [6.07, 6.45) is 1.21. The molecule has 1 aromatic heterocycles. The smallest absolute Gasteiger partial charge is 0.145 e. The van der Waals surface area contributed by atoms with Crippen molar-refractivity contribution in [2.75, 3.05) is 19.5 Å². The summed E-state index contributed by atoms with van der Waals surface area (Å²) in [5, 5.41) is 3.28. The van der Waals surface area contributed by atoms with Crippen LogP contribution in [0, 0.1) is 5.82 Å². The maximum atomic E-state index is 12.9. The fraction of sp³-hybridized carbons (Fsp3) is 0.267. The van der Waals surface area contributed by atoms with Crippen molar-refractivity contribution in [2.24, 2.45) is 0 Å².